The molecular weight excluding hydrogens is 269 g/mol. The molecule has 0 fully saturated rings. The Hall–Kier alpha value is -1.57. The summed E-state index contributed by atoms with van der Waals surface area (Å²) in [6, 6.07) is 3.36. The van der Waals surface area contributed by atoms with E-state index in [-0.39, 0.29) is 11.4 Å². The van der Waals surface area contributed by atoms with Crippen molar-refractivity contribution in [1.29, 1.82) is 0 Å². The summed E-state index contributed by atoms with van der Waals surface area (Å²) in [6.07, 6.45) is -2.53. The quantitative estimate of drug-likeness (QED) is 0.831. The third kappa shape index (κ3) is 2.33. The first-order valence-corrected chi connectivity index (χ1v) is 6.48. The molecule has 0 atom stereocenters. The van der Waals surface area contributed by atoms with Gasteiger partial charge in [-0.1, -0.05) is 0 Å². The van der Waals surface area contributed by atoms with Crippen molar-refractivity contribution < 1.29 is 21.6 Å². The average Bonchev–Trinajstić information content (AvgIpc) is 2.82. The van der Waals surface area contributed by atoms with Crippen LogP contribution < -0.4 is 0 Å². The van der Waals surface area contributed by atoms with E-state index >= 15 is 0 Å². The zero-order chi connectivity index (χ0) is 13.4. The van der Waals surface area contributed by atoms with Crippen LogP contribution >= 0.6 is 0 Å². The van der Waals surface area contributed by atoms with Crippen LogP contribution in [0.5, 0.6) is 0 Å². The van der Waals surface area contributed by atoms with E-state index in [0.29, 0.717) is 6.42 Å². The van der Waals surface area contributed by atoms with Crippen LogP contribution in [0.3, 0.4) is 0 Å². The molecule has 0 radical (unpaired) electrons. The van der Waals surface area contributed by atoms with Crippen molar-refractivity contribution in [2.45, 2.75) is 17.5 Å². The summed E-state index contributed by atoms with van der Waals surface area (Å²) in [6.45, 7) is 0.212. The minimum Gasteiger partial charge on any atom is -0.200 e. The highest BCUT2D eigenvalue weighted by molar-refractivity contribution is 7.89. The van der Waals surface area contributed by atoms with E-state index < -0.39 is 21.8 Å². The molecule has 1 heterocycles. The minimum absolute atomic E-state index is 0.199. The normalized spacial score (nSPS) is 16.3. The second kappa shape index (κ2) is 4.27. The van der Waals surface area contributed by atoms with Crippen LogP contribution in [0, 0.1) is 0 Å². The molecule has 1 aliphatic rings. The van der Waals surface area contributed by atoms with E-state index in [4.69, 9.17) is 0 Å². The maximum atomic E-state index is 12.3. The molecule has 0 bridgehead atoms. The minimum atomic E-state index is -4.48. The summed E-state index contributed by atoms with van der Waals surface area (Å²) >= 11 is 0. The van der Waals surface area contributed by atoms with Crippen LogP contribution in [0.15, 0.2) is 34.3 Å². The number of hydrazone groups is 1. The number of sulfonamides is 1. The maximum absolute atomic E-state index is 12.3. The van der Waals surface area contributed by atoms with Gasteiger partial charge in [0.25, 0.3) is 10.0 Å². The Labute approximate surface area is 102 Å². The van der Waals surface area contributed by atoms with Crippen molar-refractivity contribution in [3.63, 3.8) is 0 Å². The zero-order valence-corrected chi connectivity index (χ0v) is 9.87. The number of nitrogens with zero attached hydrogens (tertiary/aromatic N) is 2. The van der Waals surface area contributed by atoms with Crippen LogP contribution in [0.4, 0.5) is 13.2 Å². The Morgan fingerprint density at radius 1 is 1.17 bits per heavy atom. The molecule has 2 rings (SSSR count). The molecule has 0 N–H and O–H groups in total. The largest absolute Gasteiger partial charge is 0.416 e. The summed E-state index contributed by atoms with van der Waals surface area (Å²) in [5, 5.41) is 3.65. The van der Waals surface area contributed by atoms with Gasteiger partial charge in [-0.25, -0.2) is 0 Å². The third-order valence-electron chi connectivity index (χ3n) is 2.42. The number of halogens is 3. The Morgan fingerprint density at radius 2 is 1.78 bits per heavy atom. The van der Waals surface area contributed by atoms with Gasteiger partial charge in [0.05, 0.1) is 17.0 Å². The zero-order valence-electron chi connectivity index (χ0n) is 9.05. The van der Waals surface area contributed by atoms with Crippen LogP contribution in [0.25, 0.3) is 0 Å². The molecule has 1 aromatic rings. The van der Waals surface area contributed by atoms with Crippen molar-refractivity contribution >= 4 is 16.2 Å². The molecule has 0 amide bonds. The monoisotopic (exact) mass is 278 g/mol. The second-order valence-electron chi connectivity index (χ2n) is 3.66. The molecule has 18 heavy (non-hydrogen) atoms. The number of hydrogen-bond acceptors (Lipinski definition) is 3. The Morgan fingerprint density at radius 3 is 2.22 bits per heavy atom. The van der Waals surface area contributed by atoms with Crippen molar-refractivity contribution in [3.8, 4) is 0 Å². The summed E-state index contributed by atoms with van der Waals surface area (Å²) in [7, 11) is -3.83. The Kier molecular flexibility index (Phi) is 3.05. The highest BCUT2D eigenvalue weighted by Gasteiger charge is 2.31. The van der Waals surface area contributed by atoms with Crippen LogP contribution in [-0.4, -0.2) is 25.6 Å². The Balaban J connectivity index is 2.32. The highest BCUT2D eigenvalue weighted by atomic mass is 32.2. The van der Waals surface area contributed by atoms with Gasteiger partial charge >= 0.3 is 6.18 Å². The smallest absolute Gasteiger partial charge is 0.200 e. The van der Waals surface area contributed by atoms with Crippen LogP contribution in [0.2, 0.25) is 0 Å². The number of rotatable bonds is 2. The molecule has 98 valence electrons. The van der Waals surface area contributed by atoms with E-state index in [0.717, 1.165) is 28.7 Å². The van der Waals surface area contributed by atoms with E-state index in [9.17, 15) is 21.6 Å². The molecule has 0 saturated carbocycles. The lowest BCUT2D eigenvalue weighted by Gasteiger charge is -2.14. The average molecular weight is 278 g/mol. The predicted octanol–water partition coefficient (Wildman–Crippen LogP) is 2.09. The van der Waals surface area contributed by atoms with Crippen molar-refractivity contribution in [2.75, 3.05) is 6.54 Å². The molecule has 0 unspecified atom stereocenters. The first-order chi connectivity index (χ1) is 8.32. The summed E-state index contributed by atoms with van der Waals surface area (Å²) in [5.41, 5.74) is -0.883. The predicted molar refractivity (Wildman–Crippen MR) is 58.4 cm³/mol. The van der Waals surface area contributed by atoms with Gasteiger partial charge in [-0.2, -0.15) is 31.1 Å². The number of alkyl halides is 3. The summed E-state index contributed by atoms with van der Waals surface area (Å²) in [4.78, 5) is -0.199. The van der Waals surface area contributed by atoms with Gasteiger partial charge in [-0.05, 0) is 24.3 Å². The third-order valence-corrected chi connectivity index (χ3v) is 4.12. The lowest BCUT2D eigenvalue weighted by Crippen LogP contribution is -2.24. The van der Waals surface area contributed by atoms with Crippen LogP contribution in [-0.2, 0) is 16.2 Å². The molecule has 1 aliphatic heterocycles. The molecule has 4 nitrogen and oxygen atoms in total. The fourth-order valence-electron chi connectivity index (χ4n) is 1.49. The van der Waals surface area contributed by atoms with Gasteiger partial charge < -0.3 is 0 Å². The molecular formula is C10H9F3N2O2S. The van der Waals surface area contributed by atoms with E-state index in [2.05, 4.69) is 5.10 Å². The van der Waals surface area contributed by atoms with Gasteiger partial charge in [0.1, 0.15) is 0 Å². The molecule has 1 aromatic carbocycles. The summed E-state index contributed by atoms with van der Waals surface area (Å²) < 4.78 is 61.7. The lowest BCUT2D eigenvalue weighted by atomic mass is 10.2. The molecule has 0 aliphatic carbocycles. The highest BCUT2D eigenvalue weighted by Crippen LogP contribution is 2.30. The molecule has 0 aromatic heterocycles. The molecule has 0 saturated heterocycles. The lowest BCUT2D eigenvalue weighted by molar-refractivity contribution is -0.137. The van der Waals surface area contributed by atoms with Gasteiger partial charge in [0, 0.05) is 12.6 Å². The SMILES string of the molecule is O=S(=O)(c1ccc(C(F)(F)F)cc1)N1CCC=N1. The number of benzene rings is 1. The second-order valence-corrected chi connectivity index (χ2v) is 5.50. The molecule has 8 heteroatoms. The van der Waals surface area contributed by atoms with E-state index in [1.165, 1.54) is 6.21 Å². The fourth-order valence-corrected chi connectivity index (χ4v) is 2.75. The summed E-state index contributed by atoms with van der Waals surface area (Å²) in [5.74, 6) is 0. The Bertz CT molecular complexity index is 564. The van der Waals surface area contributed by atoms with E-state index in [1.54, 1.807) is 0 Å². The fraction of sp³-hybridized carbons (Fsp3) is 0.300. The van der Waals surface area contributed by atoms with Gasteiger partial charge in [0.15, 0.2) is 0 Å². The first-order valence-electron chi connectivity index (χ1n) is 5.04. The van der Waals surface area contributed by atoms with Gasteiger partial charge in [0.2, 0.25) is 0 Å². The number of hydrogen-bond donors (Lipinski definition) is 0. The van der Waals surface area contributed by atoms with E-state index in [1.807, 2.05) is 0 Å². The standard InChI is InChI=1S/C10H9F3N2O2S/c11-10(12,13)8-2-4-9(5-3-8)18(16,17)15-7-1-6-14-15/h2-6H,1,7H2. The van der Waals surface area contributed by atoms with Gasteiger partial charge in [-0.3, -0.25) is 0 Å². The van der Waals surface area contributed by atoms with Crippen molar-refractivity contribution in [3.05, 3.63) is 29.8 Å². The first kappa shape index (κ1) is 12.9. The van der Waals surface area contributed by atoms with Crippen molar-refractivity contribution in [1.82, 2.24) is 4.41 Å². The maximum Gasteiger partial charge on any atom is 0.416 e. The molecule has 0 spiro atoms. The van der Waals surface area contributed by atoms with Crippen molar-refractivity contribution in [2.24, 2.45) is 5.10 Å². The van der Waals surface area contributed by atoms with Crippen LogP contribution in [0.1, 0.15) is 12.0 Å². The topological polar surface area (TPSA) is 49.7 Å². The van der Waals surface area contributed by atoms with Gasteiger partial charge in [-0.15, -0.1) is 0 Å².